The Morgan fingerprint density at radius 2 is 1.70 bits per heavy atom. The second-order valence-electron chi connectivity index (χ2n) is 6.31. The van der Waals surface area contributed by atoms with Gasteiger partial charge >= 0.3 is 0 Å². The molecule has 0 spiro atoms. The summed E-state index contributed by atoms with van der Waals surface area (Å²) < 4.78 is 3.28. The van der Waals surface area contributed by atoms with Crippen LogP contribution in [-0.2, 0) is 0 Å². The summed E-state index contributed by atoms with van der Waals surface area (Å²) in [7, 11) is 1.51. The van der Waals surface area contributed by atoms with Gasteiger partial charge in [0.15, 0.2) is 5.11 Å². The number of methoxy groups -OCH3 is 1. The van der Waals surface area contributed by atoms with E-state index in [0.29, 0.717) is 11.3 Å². The Bertz CT molecular complexity index is 1070. The van der Waals surface area contributed by atoms with Crippen molar-refractivity contribution in [3.8, 4) is 5.75 Å². The van der Waals surface area contributed by atoms with Crippen LogP contribution < -0.4 is 20.7 Å². The largest absolute Gasteiger partial charge is 0.497 e. The van der Waals surface area contributed by atoms with Crippen LogP contribution in [0.5, 0.6) is 5.75 Å². The first-order chi connectivity index (χ1) is 14.3. The van der Waals surface area contributed by atoms with E-state index in [9.17, 15) is 4.79 Å². The third-order valence-corrected chi connectivity index (χ3v) is 5.12. The van der Waals surface area contributed by atoms with Crippen molar-refractivity contribution < 1.29 is 9.53 Å². The smallest absolute Gasteiger partial charge is 0.253 e. The number of hydrogen-bond acceptors (Lipinski definition) is 3. The highest BCUT2D eigenvalue weighted by atomic mass is 35.6. The number of amides is 1. The number of ether oxygens (including phenoxy) is 1. The van der Waals surface area contributed by atoms with Crippen molar-refractivity contribution in [1.82, 2.24) is 10.6 Å². The molecule has 0 heterocycles. The molecule has 3 aromatic rings. The van der Waals surface area contributed by atoms with Gasteiger partial charge in [0.25, 0.3) is 5.91 Å². The second-order valence-corrected chi connectivity index (χ2v) is 9.08. The fourth-order valence-electron chi connectivity index (χ4n) is 2.80. The van der Waals surface area contributed by atoms with E-state index in [1.807, 2.05) is 42.5 Å². The molecule has 0 saturated carbocycles. The van der Waals surface area contributed by atoms with Gasteiger partial charge in [-0.25, -0.2) is 0 Å². The van der Waals surface area contributed by atoms with Gasteiger partial charge in [-0.15, -0.1) is 0 Å². The van der Waals surface area contributed by atoms with Crippen LogP contribution in [-0.4, -0.2) is 28.1 Å². The fraction of sp³-hybridized carbons (Fsp3) is 0.143. The molecular formula is C21H18Cl3N3O2S. The first-order valence-electron chi connectivity index (χ1n) is 8.85. The molecule has 0 aliphatic rings. The Morgan fingerprint density at radius 1 is 1.00 bits per heavy atom. The van der Waals surface area contributed by atoms with Gasteiger partial charge in [0, 0.05) is 16.6 Å². The summed E-state index contributed by atoms with van der Waals surface area (Å²) in [6.45, 7) is 0. The van der Waals surface area contributed by atoms with Crippen molar-refractivity contribution in [2.24, 2.45) is 0 Å². The standard InChI is InChI=1S/C21H18Cl3N3O2S/c1-29-15-9-4-8-14(12-15)18(28)26-19(21(22,23)24)27-20(30)25-17-11-5-7-13-6-2-3-10-16(13)17/h2-12,19H,1H3,(H,26,28)(H2,25,27,30)/t19-/m1/s1. The zero-order valence-electron chi connectivity index (χ0n) is 15.8. The van der Waals surface area contributed by atoms with Gasteiger partial charge in [0.05, 0.1) is 7.11 Å². The van der Waals surface area contributed by atoms with Crippen LogP contribution in [0.4, 0.5) is 5.69 Å². The van der Waals surface area contributed by atoms with Gasteiger partial charge in [-0.1, -0.05) is 77.3 Å². The lowest BCUT2D eigenvalue weighted by molar-refractivity contribution is 0.0934. The molecule has 30 heavy (non-hydrogen) atoms. The highest BCUT2D eigenvalue weighted by molar-refractivity contribution is 7.80. The number of halogens is 3. The molecule has 3 rings (SSSR count). The van der Waals surface area contributed by atoms with Gasteiger partial charge < -0.3 is 20.7 Å². The number of thiocarbonyl (C=S) groups is 1. The van der Waals surface area contributed by atoms with Gasteiger partial charge in [-0.3, -0.25) is 4.79 Å². The van der Waals surface area contributed by atoms with Crippen LogP contribution in [0.1, 0.15) is 10.4 Å². The third-order valence-electron chi connectivity index (χ3n) is 4.25. The molecule has 0 saturated heterocycles. The summed E-state index contributed by atoms with van der Waals surface area (Å²) >= 11 is 23.6. The third kappa shape index (κ3) is 5.67. The number of benzene rings is 3. The zero-order chi connectivity index (χ0) is 21.7. The molecule has 0 radical (unpaired) electrons. The Balaban J connectivity index is 1.74. The molecule has 0 aliphatic heterocycles. The highest BCUT2D eigenvalue weighted by Gasteiger charge is 2.35. The molecule has 0 fully saturated rings. The molecule has 1 amide bonds. The second kappa shape index (κ2) is 9.71. The highest BCUT2D eigenvalue weighted by Crippen LogP contribution is 2.30. The maximum Gasteiger partial charge on any atom is 0.253 e. The molecular weight excluding hydrogens is 465 g/mol. The normalized spacial score (nSPS) is 12.1. The molecule has 1 atom stereocenters. The summed E-state index contributed by atoms with van der Waals surface area (Å²) in [6.07, 6.45) is -1.09. The molecule has 3 aromatic carbocycles. The average molecular weight is 483 g/mol. The lowest BCUT2D eigenvalue weighted by atomic mass is 10.1. The molecule has 9 heteroatoms. The van der Waals surface area contributed by atoms with Gasteiger partial charge in [-0.2, -0.15) is 0 Å². The van der Waals surface area contributed by atoms with Crippen LogP contribution in [0, 0.1) is 0 Å². The van der Waals surface area contributed by atoms with Crippen LogP contribution in [0.15, 0.2) is 66.7 Å². The monoisotopic (exact) mass is 481 g/mol. The lowest BCUT2D eigenvalue weighted by Crippen LogP contribution is -2.56. The number of hydrogen-bond donors (Lipinski definition) is 3. The Labute approximate surface area is 194 Å². The number of carbonyl (C=O) groups excluding carboxylic acids is 1. The van der Waals surface area contributed by atoms with Crippen molar-refractivity contribution in [2.45, 2.75) is 9.96 Å². The number of nitrogens with one attached hydrogen (secondary N) is 3. The van der Waals surface area contributed by atoms with E-state index in [4.69, 9.17) is 51.8 Å². The summed E-state index contributed by atoms with van der Waals surface area (Å²) in [5.41, 5.74) is 1.14. The molecule has 0 aliphatic carbocycles. The summed E-state index contributed by atoms with van der Waals surface area (Å²) in [5.74, 6) is 0.0832. The van der Waals surface area contributed by atoms with E-state index >= 15 is 0 Å². The van der Waals surface area contributed by atoms with Crippen LogP contribution in [0.25, 0.3) is 10.8 Å². The number of rotatable bonds is 5. The first-order valence-corrected chi connectivity index (χ1v) is 10.4. The summed E-state index contributed by atoms with van der Waals surface area (Å²) in [6, 6.07) is 20.3. The molecule has 0 unspecified atom stereocenters. The van der Waals surface area contributed by atoms with Crippen molar-refractivity contribution in [1.29, 1.82) is 0 Å². The molecule has 156 valence electrons. The number of alkyl halides is 3. The van der Waals surface area contributed by atoms with Crippen LogP contribution >= 0.6 is 47.0 Å². The van der Waals surface area contributed by atoms with E-state index in [0.717, 1.165) is 16.5 Å². The van der Waals surface area contributed by atoms with E-state index in [-0.39, 0.29) is 5.11 Å². The molecule has 0 aromatic heterocycles. The number of carbonyl (C=O) groups is 1. The summed E-state index contributed by atoms with van der Waals surface area (Å²) in [5, 5.41) is 10.8. The maximum atomic E-state index is 12.6. The minimum atomic E-state index is -1.86. The van der Waals surface area contributed by atoms with Crippen LogP contribution in [0.2, 0.25) is 0 Å². The van der Waals surface area contributed by atoms with E-state index in [2.05, 4.69) is 16.0 Å². The van der Waals surface area contributed by atoms with Gasteiger partial charge in [0.1, 0.15) is 11.9 Å². The number of fused-ring (bicyclic) bond motifs is 1. The average Bonchev–Trinajstić information content (AvgIpc) is 2.73. The quantitative estimate of drug-likeness (QED) is 0.263. The van der Waals surface area contributed by atoms with E-state index < -0.39 is 15.9 Å². The Hall–Kier alpha value is -2.25. The SMILES string of the molecule is COc1cccc(C(=O)N[C@H](NC(=S)Nc2cccc3ccccc23)C(Cl)(Cl)Cl)c1. The van der Waals surface area contributed by atoms with Crippen LogP contribution in [0.3, 0.4) is 0 Å². The predicted molar refractivity (Wildman–Crippen MR) is 128 cm³/mol. The van der Waals surface area contributed by atoms with E-state index in [1.54, 1.807) is 24.3 Å². The zero-order valence-corrected chi connectivity index (χ0v) is 18.9. The molecule has 0 bridgehead atoms. The molecule has 5 nitrogen and oxygen atoms in total. The Kier molecular flexibility index (Phi) is 7.26. The van der Waals surface area contributed by atoms with Crippen molar-refractivity contribution in [3.63, 3.8) is 0 Å². The molecule has 3 N–H and O–H groups in total. The van der Waals surface area contributed by atoms with Crippen molar-refractivity contribution in [3.05, 3.63) is 72.3 Å². The minimum Gasteiger partial charge on any atom is -0.497 e. The van der Waals surface area contributed by atoms with Crippen molar-refractivity contribution >= 4 is 74.5 Å². The van der Waals surface area contributed by atoms with Gasteiger partial charge in [0.2, 0.25) is 3.79 Å². The van der Waals surface area contributed by atoms with Gasteiger partial charge in [-0.05, 0) is 41.9 Å². The first kappa shape index (κ1) is 22.4. The predicted octanol–water partition coefficient (Wildman–Crippen LogP) is 5.26. The number of anilines is 1. The maximum absolute atomic E-state index is 12.6. The fourth-order valence-corrected chi connectivity index (χ4v) is 3.36. The minimum absolute atomic E-state index is 0.189. The van der Waals surface area contributed by atoms with E-state index in [1.165, 1.54) is 7.11 Å². The topological polar surface area (TPSA) is 62.4 Å². The van der Waals surface area contributed by atoms with Crippen molar-refractivity contribution in [2.75, 3.05) is 12.4 Å². The lowest BCUT2D eigenvalue weighted by Gasteiger charge is -2.28. The Morgan fingerprint density at radius 3 is 2.43 bits per heavy atom. The summed E-state index contributed by atoms with van der Waals surface area (Å²) in [4.78, 5) is 12.6.